The molecule has 0 bridgehead atoms. The molecule has 1 aliphatic heterocycles. The van der Waals surface area contributed by atoms with Gasteiger partial charge in [-0.15, -0.1) is 0 Å². The summed E-state index contributed by atoms with van der Waals surface area (Å²) in [6, 6.07) is 8.44. The molecular formula is C23H18Cl2F2N4O. The van der Waals surface area contributed by atoms with E-state index in [1.54, 1.807) is 19.3 Å². The van der Waals surface area contributed by atoms with E-state index in [-0.39, 0.29) is 16.6 Å². The smallest absolute Gasteiger partial charge is 0.316 e. The molecule has 9 heteroatoms. The van der Waals surface area contributed by atoms with Gasteiger partial charge in [0.1, 0.15) is 0 Å². The monoisotopic (exact) mass is 474 g/mol. The molecule has 0 atom stereocenters. The van der Waals surface area contributed by atoms with Crippen molar-refractivity contribution >= 4 is 46.3 Å². The van der Waals surface area contributed by atoms with Crippen LogP contribution >= 0.6 is 23.2 Å². The minimum atomic E-state index is -3.04. The Morgan fingerprint density at radius 3 is 2.66 bits per heavy atom. The molecule has 32 heavy (non-hydrogen) atoms. The molecule has 1 aromatic carbocycles. The topological polar surface area (TPSA) is 60.3 Å². The third kappa shape index (κ3) is 4.64. The molecular weight excluding hydrogens is 457 g/mol. The lowest BCUT2D eigenvalue weighted by Gasteiger charge is -2.14. The average Bonchev–Trinajstić information content (AvgIpc) is 3.19. The number of hydrogen-bond donors (Lipinski definition) is 0. The Kier molecular flexibility index (Phi) is 6.22. The molecule has 1 aliphatic rings. The summed E-state index contributed by atoms with van der Waals surface area (Å²) in [6.45, 7) is 2.95. The van der Waals surface area contributed by atoms with Crippen LogP contribution in [0.1, 0.15) is 36.4 Å². The van der Waals surface area contributed by atoms with Crippen LogP contribution in [0.3, 0.4) is 0 Å². The molecule has 164 valence electrons. The first-order valence-corrected chi connectivity index (χ1v) is 10.5. The Morgan fingerprint density at radius 1 is 1.12 bits per heavy atom. The number of nitrogens with zero attached hydrogens (tertiary/aromatic N) is 4. The number of allylic oxidation sites excluding steroid dienone is 2. The number of aromatic nitrogens is 3. The number of alkyl halides is 2. The van der Waals surface area contributed by atoms with E-state index in [1.165, 1.54) is 18.3 Å². The maximum atomic E-state index is 13.9. The lowest BCUT2D eigenvalue weighted by Crippen LogP contribution is -2.07. The Morgan fingerprint density at radius 2 is 1.94 bits per heavy atom. The Balaban J connectivity index is 1.64. The number of ether oxygens (including phenoxy) is 1. The van der Waals surface area contributed by atoms with Gasteiger partial charge in [-0.1, -0.05) is 29.3 Å². The minimum Gasteiger partial charge on any atom is -0.463 e. The van der Waals surface area contributed by atoms with Crippen LogP contribution in [0.25, 0.3) is 11.1 Å². The number of rotatable bonds is 6. The fourth-order valence-corrected chi connectivity index (χ4v) is 3.79. The normalized spacial score (nSPS) is 14.4. The quantitative estimate of drug-likeness (QED) is 0.405. The van der Waals surface area contributed by atoms with Crippen LogP contribution in [0.4, 0.5) is 14.5 Å². The third-order valence-electron chi connectivity index (χ3n) is 4.98. The highest BCUT2D eigenvalue weighted by atomic mass is 35.5. The summed E-state index contributed by atoms with van der Waals surface area (Å²) in [6.07, 6.45) is 5.33. The van der Waals surface area contributed by atoms with Crippen molar-refractivity contribution in [1.29, 1.82) is 0 Å². The van der Waals surface area contributed by atoms with Gasteiger partial charge in [-0.25, -0.2) is 13.8 Å². The number of hydrogen-bond acceptors (Lipinski definition) is 5. The molecule has 0 saturated heterocycles. The van der Waals surface area contributed by atoms with Crippen LogP contribution in [0.5, 0.6) is 6.01 Å². The summed E-state index contributed by atoms with van der Waals surface area (Å²) < 4.78 is 33.5. The average molecular weight is 475 g/mol. The van der Waals surface area contributed by atoms with Crippen molar-refractivity contribution in [2.45, 2.75) is 26.2 Å². The molecule has 4 rings (SSSR count). The molecule has 0 saturated carbocycles. The zero-order valence-corrected chi connectivity index (χ0v) is 18.8. The molecule has 0 unspecified atom stereocenters. The maximum Gasteiger partial charge on any atom is 0.316 e. The summed E-state index contributed by atoms with van der Waals surface area (Å²) in [5, 5.41) is 0.461. The number of benzene rings is 1. The lowest BCUT2D eigenvalue weighted by molar-refractivity contribution is 0.0175. The first kappa shape index (κ1) is 22.3. The number of pyridine rings is 1. The van der Waals surface area contributed by atoms with Crippen molar-refractivity contribution in [2.75, 3.05) is 6.61 Å². The lowest BCUT2D eigenvalue weighted by atomic mass is 9.97. The van der Waals surface area contributed by atoms with Gasteiger partial charge in [0.15, 0.2) is 0 Å². The summed E-state index contributed by atoms with van der Waals surface area (Å²) in [4.78, 5) is 17.1. The van der Waals surface area contributed by atoms with Crippen LogP contribution in [-0.2, 0) is 12.3 Å². The molecule has 0 N–H and O–H groups in total. The van der Waals surface area contributed by atoms with Gasteiger partial charge >= 0.3 is 6.01 Å². The Labute approximate surface area is 193 Å². The third-order valence-corrected chi connectivity index (χ3v) is 5.54. The second kappa shape index (κ2) is 8.92. The van der Waals surface area contributed by atoms with Crippen molar-refractivity contribution < 1.29 is 13.5 Å². The van der Waals surface area contributed by atoms with Gasteiger partial charge in [0.05, 0.1) is 34.2 Å². The van der Waals surface area contributed by atoms with Gasteiger partial charge in [-0.2, -0.15) is 4.98 Å². The van der Waals surface area contributed by atoms with Crippen molar-refractivity contribution in [3.05, 3.63) is 75.3 Å². The van der Waals surface area contributed by atoms with Crippen molar-refractivity contribution in [2.24, 2.45) is 4.99 Å². The second-order valence-corrected chi connectivity index (χ2v) is 8.12. The van der Waals surface area contributed by atoms with Crippen LogP contribution < -0.4 is 4.74 Å². The maximum absolute atomic E-state index is 13.9. The molecule has 0 radical (unpaired) electrons. The molecule has 0 amide bonds. The Hall–Kier alpha value is -2.90. The number of halogens is 4. The fourth-order valence-electron chi connectivity index (χ4n) is 3.29. The first-order chi connectivity index (χ1) is 15.2. The zero-order valence-electron chi connectivity index (χ0n) is 17.2. The highest BCUT2D eigenvalue weighted by Gasteiger charge is 2.29. The molecule has 2 aromatic heterocycles. The van der Waals surface area contributed by atoms with Gasteiger partial charge in [0.2, 0.25) is 0 Å². The molecule has 0 aliphatic carbocycles. The molecule has 5 nitrogen and oxygen atoms in total. The zero-order chi connectivity index (χ0) is 22.9. The van der Waals surface area contributed by atoms with Crippen molar-refractivity contribution in [3.63, 3.8) is 0 Å². The van der Waals surface area contributed by atoms with Gasteiger partial charge in [0.25, 0.3) is 5.92 Å². The summed E-state index contributed by atoms with van der Waals surface area (Å²) in [7, 11) is 0. The van der Waals surface area contributed by atoms with Crippen molar-refractivity contribution in [1.82, 2.24) is 15.0 Å². The van der Waals surface area contributed by atoms with Crippen LogP contribution in [0.2, 0.25) is 10.0 Å². The first-order valence-electron chi connectivity index (χ1n) is 9.77. The Bertz CT molecular complexity index is 1220. The van der Waals surface area contributed by atoms with Crippen molar-refractivity contribution in [3.8, 4) is 6.01 Å². The highest BCUT2D eigenvalue weighted by Crippen LogP contribution is 2.44. The molecule has 0 spiro atoms. The van der Waals surface area contributed by atoms with E-state index in [1.807, 2.05) is 18.2 Å². The van der Waals surface area contributed by atoms with E-state index >= 15 is 0 Å². The van der Waals surface area contributed by atoms with Gasteiger partial charge in [-0.05, 0) is 36.8 Å². The summed E-state index contributed by atoms with van der Waals surface area (Å²) >= 11 is 12.6. The van der Waals surface area contributed by atoms with Gasteiger partial charge in [0, 0.05) is 48.1 Å². The summed E-state index contributed by atoms with van der Waals surface area (Å²) in [5.41, 5.74) is 3.30. The van der Waals surface area contributed by atoms with Gasteiger partial charge < -0.3 is 4.74 Å². The number of aliphatic imine (C=N–C) groups is 1. The van der Waals surface area contributed by atoms with Crippen LogP contribution in [0, 0.1) is 0 Å². The fraction of sp³-hybridized carbons (Fsp3) is 0.217. The summed E-state index contributed by atoms with van der Waals surface area (Å²) in [5.74, 6) is -3.04. The SMILES string of the molecule is C/C(=C1\C=Nc2c(Cl)cc(C(C)(F)F)cc21)c1nc(OCCc2ccccn2)ncc1Cl. The second-order valence-electron chi connectivity index (χ2n) is 7.31. The van der Waals surface area contributed by atoms with Crippen LogP contribution in [-0.4, -0.2) is 27.8 Å². The predicted octanol–water partition coefficient (Wildman–Crippen LogP) is 6.56. The minimum absolute atomic E-state index is 0.155. The van der Waals surface area contributed by atoms with E-state index in [0.29, 0.717) is 46.1 Å². The van der Waals surface area contributed by atoms with E-state index in [0.717, 1.165) is 12.6 Å². The van der Waals surface area contributed by atoms with E-state index in [2.05, 4.69) is 19.9 Å². The van der Waals surface area contributed by atoms with Gasteiger partial charge in [-0.3, -0.25) is 9.98 Å². The van der Waals surface area contributed by atoms with E-state index in [9.17, 15) is 8.78 Å². The predicted molar refractivity (Wildman–Crippen MR) is 122 cm³/mol. The highest BCUT2D eigenvalue weighted by molar-refractivity contribution is 6.37. The molecule has 3 aromatic rings. The number of fused-ring (bicyclic) bond motifs is 1. The molecule has 3 heterocycles. The molecule has 0 fully saturated rings. The van der Waals surface area contributed by atoms with E-state index in [4.69, 9.17) is 27.9 Å². The van der Waals surface area contributed by atoms with E-state index < -0.39 is 5.92 Å². The standard InChI is InChI=1S/C23H18Cl2F2N4O/c1-13(17-11-29-21-16(17)9-14(10-18(21)24)23(2,26)27)20-19(25)12-30-22(31-20)32-8-6-15-5-3-4-7-28-15/h3-5,7,9-12H,6,8H2,1-2H3/b17-13-. The largest absolute Gasteiger partial charge is 0.463 e. The van der Waals surface area contributed by atoms with Crippen LogP contribution in [0.15, 0.2) is 47.7 Å².